The van der Waals surface area contributed by atoms with Gasteiger partial charge in [-0.2, -0.15) is 5.26 Å². The summed E-state index contributed by atoms with van der Waals surface area (Å²) in [7, 11) is -3.62. The Kier molecular flexibility index (Phi) is 4.33. The second-order valence-electron chi connectivity index (χ2n) is 5.11. The summed E-state index contributed by atoms with van der Waals surface area (Å²) in [5.41, 5.74) is 1.08. The molecule has 0 bridgehead atoms. The van der Waals surface area contributed by atoms with Crippen LogP contribution in [0.25, 0.3) is 0 Å². The second-order valence-corrected chi connectivity index (χ2v) is 6.99. The highest BCUT2D eigenvalue weighted by molar-refractivity contribution is 7.90. The zero-order valence-electron chi connectivity index (χ0n) is 11.8. The number of benzene rings is 1. The van der Waals surface area contributed by atoms with Gasteiger partial charge in [-0.05, 0) is 34.0 Å². The molecule has 1 aromatic heterocycles. The fourth-order valence-corrected chi connectivity index (χ4v) is 3.19. The summed E-state index contributed by atoms with van der Waals surface area (Å²) in [6.45, 7) is 4.35. The molecule has 0 spiro atoms. The number of aromatic nitrogens is 4. The topological polar surface area (TPSA) is 102 Å². The van der Waals surface area contributed by atoms with Gasteiger partial charge in [-0.15, -0.1) is 0 Å². The van der Waals surface area contributed by atoms with E-state index in [0.29, 0.717) is 17.7 Å². The Morgan fingerprint density at radius 3 is 2.52 bits per heavy atom. The largest absolute Gasteiger partial charge is 0.268 e. The molecule has 0 fully saturated rings. The Morgan fingerprint density at radius 1 is 1.29 bits per heavy atom. The van der Waals surface area contributed by atoms with Crippen molar-refractivity contribution in [1.29, 1.82) is 5.26 Å². The van der Waals surface area contributed by atoms with Crippen molar-refractivity contribution in [3.05, 3.63) is 35.4 Å². The first-order valence-corrected chi connectivity index (χ1v) is 8.05. The van der Waals surface area contributed by atoms with Gasteiger partial charge in [0.05, 0.1) is 17.4 Å². The minimum absolute atomic E-state index is 0.124. The Labute approximate surface area is 123 Å². The van der Waals surface area contributed by atoms with Crippen molar-refractivity contribution in [1.82, 2.24) is 20.2 Å². The fourth-order valence-electron chi connectivity index (χ4n) is 1.84. The molecule has 0 amide bonds. The first-order valence-electron chi connectivity index (χ1n) is 6.40. The van der Waals surface area contributed by atoms with Gasteiger partial charge >= 0.3 is 0 Å². The predicted octanol–water partition coefficient (Wildman–Crippen LogP) is 1.17. The van der Waals surface area contributed by atoms with Crippen LogP contribution in [0, 0.1) is 17.2 Å². The van der Waals surface area contributed by atoms with Crippen LogP contribution in [-0.2, 0) is 22.1 Å². The fraction of sp³-hybridized carbons (Fsp3) is 0.385. The van der Waals surface area contributed by atoms with Crippen molar-refractivity contribution in [2.24, 2.45) is 5.92 Å². The maximum absolute atomic E-state index is 12.4. The lowest BCUT2D eigenvalue weighted by Gasteiger charge is -2.07. The van der Waals surface area contributed by atoms with Gasteiger partial charge in [-0.3, -0.25) is 0 Å². The van der Waals surface area contributed by atoms with Crippen LogP contribution in [0.5, 0.6) is 0 Å². The summed E-state index contributed by atoms with van der Waals surface area (Å²) < 4.78 is 26.1. The molecule has 1 aromatic carbocycles. The smallest absolute Gasteiger partial charge is 0.220 e. The Morgan fingerprint density at radius 2 is 1.95 bits per heavy atom. The summed E-state index contributed by atoms with van der Waals surface area (Å²) in [4.78, 5) is 0. The van der Waals surface area contributed by atoms with Crippen molar-refractivity contribution in [2.45, 2.75) is 31.3 Å². The van der Waals surface area contributed by atoms with Gasteiger partial charge in [0.2, 0.25) is 9.84 Å². The molecule has 2 aromatic rings. The average molecular weight is 305 g/mol. The molecule has 0 aliphatic heterocycles. The van der Waals surface area contributed by atoms with E-state index in [1.54, 1.807) is 24.3 Å². The third-order valence-corrected chi connectivity index (χ3v) is 4.32. The van der Waals surface area contributed by atoms with Gasteiger partial charge in [0.1, 0.15) is 0 Å². The lowest BCUT2D eigenvalue weighted by atomic mass is 10.2. The molecule has 1 heterocycles. The quantitative estimate of drug-likeness (QED) is 0.822. The van der Waals surface area contributed by atoms with Crippen molar-refractivity contribution >= 4 is 9.84 Å². The summed E-state index contributed by atoms with van der Waals surface area (Å²) in [6.07, 6.45) is 0. The third-order valence-electron chi connectivity index (χ3n) is 2.76. The number of rotatable bonds is 5. The standard InChI is InChI=1S/C13H15N5O2S/c1-10(2)8-18-13(15-16-17-18)21(19,20)9-12-5-3-11(7-14)4-6-12/h3-6,10H,8-9H2,1-2H3. The molecule has 21 heavy (non-hydrogen) atoms. The van der Waals surface area contributed by atoms with Crippen LogP contribution in [0.3, 0.4) is 0 Å². The Hall–Kier alpha value is -2.27. The van der Waals surface area contributed by atoms with Crippen molar-refractivity contribution in [2.75, 3.05) is 0 Å². The lowest BCUT2D eigenvalue weighted by molar-refractivity contribution is 0.438. The molecule has 110 valence electrons. The highest BCUT2D eigenvalue weighted by Gasteiger charge is 2.23. The monoisotopic (exact) mass is 305 g/mol. The lowest BCUT2D eigenvalue weighted by Crippen LogP contribution is -2.16. The minimum atomic E-state index is -3.62. The summed E-state index contributed by atoms with van der Waals surface area (Å²) >= 11 is 0. The zero-order chi connectivity index (χ0) is 15.5. The molecule has 0 radical (unpaired) electrons. The molecule has 0 saturated carbocycles. The SMILES string of the molecule is CC(C)Cn1nnnc1S(=O)(=O)Cc1ccc(C#N)cc1. The number of sulfone groups is 1. The van der Waals surface area contributed by atoms with Crippen LogP contribution in [0.4, 0.5) is 0 Å². The van der Waals surface area contributed by atoms with Crippen molar-refractivity contribution in [3.8, 4) is 6.07 Å². The van der Waals surface area contributed by atoms with E-state index in [4.69, 9.17) is 5.26 Å². The molecule has 7 nitrogen and oxygen atoms in total. The summed E-state index contributed by atoms with van der Waals surface area (Å²) in [5, 5.41) is 19.4. The van der Waals surface area contributed by atoms with Gasteiger partial charge in [0.15, 0.2) is 0 Å². The van der Waals surface area contributed by atoms with Gasteiger partial charge < -0.3 is 0 Å². The highest BCUT2D eigenvalue weighted by Crippen LogP contribution is 2.15. The number of nitriles is 1. The van der Waals surface area contributed by atoms with Crippen LogP contribution in [0.2, 0.25) is 0 Å². The van der Waals surface area contributed by atoms with Crippen LogP contribution in [0.1, 0.15) is 25.0 Å². The summed E-state index contributed by atoms with van der Waals surface area (Å²) in [5.74, 6) is 0.0364. The first kappa shape index (κ1) is 15.1. The Balaban J connectivity index is 2.26. The molecule has 0 atom stereocenters. The number of nitrogens with zero attached hydrogens (tertiary/aromatic N) is 5. The van der Waals surface area contributed by atoms with E-state index >= 15 is 0 Å². The van der Waals surface area contributed by atoms with Crippen LogP contribution in [-0.4, -0.2) is 28.6 Å². The molecule has 2 rings (SSSR count). The van der Waals surface area contributed by atoms with Crippen molar-refractivity contribution in [3.63, 3.8) is 0 Å². The van der Waals surface area contributed by atoms with Gasteiger partial charge in [0, 0.05) is 6.54 Å². The molecule has 0 aliphatic rings. The average Bonchev–Trinajstić information content (AvgIpc) is 2.87. The molecule has 8 heteroatoms. The third kappa shape index (κ3) is 3.64. The van der Waals surface area contributed by atoms with E-state index in [1.165, 1.54) is 4.68 Å². The van der Waals surface area contributed by atoms with E-state index in [2.05, 4.69) is 15.5 Å². The number of tetrazole rings is 1. The van der Waals surface area contributed by atoms with Crippen LogP contribution >= 0.6 is 0 Å². The van der Waals surface area contributed by atoms with E-state index in [-0.39, 0.29) is 16.8 Å². The van der Waals surface area contributed by atoms with E-state index in [9.17, 15) is 8.42 Å². The second kappa shape index (κ2) is 6.01. The normalized spacial score (nSPS) is 11.5. The molecule has 0 unspecified atom stereocenters. The van der Waals surface area contributed by atoms with Gasteiger partial charge in [-0.1, -0.05) is 31.1 Å². The Bertz CT molecular complexity index is 757. The molecular weight excluding hydrogens is 290 g/mol. The molecule has 0 saturated heterocycles. The maximum atomic E-state index is 12.4. The van der Waals surface area contributed by atoms with Gasteiger partial charge in [0.25, 0.3) is 5.16 Å². The van der Waals surface area contributed by atoms with Gasteiger partial charge in [-0.25, -0.2) is 13.1 Å². The van der Waals surface area contributed by atoms with E-state index in [1.807, 2.05) is 19.9 Å². The first-order chi connectivity index (χ1) is 9.92. The summed E-state index contributed by atoms with van der Waals surface area (Å²) in [6, 6.07) is 8.40. The minimum Gasteiger partial charge on any atom is -0.220 e. The molecule has 0 aliphatic carbocycles. The number of hydrogen-bond acceptors (Lipinski definition) is 6. The van der Waals surface area contributed by atoms with E-state index < -0.39 is 9.84 Å². The van der Waals surface area contributed by atoms with Crippen LogP contribution < -0.4 is 0 Å². The highest BCUT2D eigenvalue weighted by atomic mass is 32.2. The van der Waals surface area contributed by atoms with E-state index in [0.717, 1.165) is 0 Å². The molecular formula is C13H15N5O2S. The van der Waals surface area contributed by atoms with Crippen LogP contribution in [0.15, 0.2) is 29.4 Å². The number of hydrogen-bond donors (Lipinski definition) is 0. The maximum Gasteiger partial charge on any atom is 0.268 e. The predicted molar refractivity (Wildman–Crippen MR) is 74.7 cm³/mol. The van der Waals surface area contributed by atoms with Crippen molar-refractivity contribution < 1.29 is 8.42 Å². The zero-order valence-corrected chi connectivity index (χ0v) is 12.6. The molecule has 0 N–H and O–H groups in total.